The van der Waals surface area contributed by atoms with Gasteiger partial charge in [0.05, 0.1) is 25.8 Å². The lowest BCUT2D eigenvalue weighted by Gasteiger charge is -2.15. The summed E-state index contributed by atoms with van der Waals surface area (Å²) in [6, 6.07) is 10.3. The number of aryl methyl sites for hydroxylation is 2. The fraction of sp³-hybridized carbons (Fsp3) is 0.435. The van der Waals surface area contributed by atoms with Crippen molar-refractivity contribution in [3.63, 3.8) is 0 Å². The van der Waals surface area contributed by atoms with Gasteiger partial charge in [-0.05, 0) is 38.8 Å². The highest BCUT2D eigenvalue weighted by molar-refractivity contribution is 5.99. The molecule has 0 spiro atoms. The smallest absolute Gasteiger partial charge is 0.256 e. The van der Waals surface area contributed by atoms with Crippen LogP contribution in [0.2, 0.25) is 0 Å². The predicted molar refractivity (Wildman–Crippen MR) is 116 cm³/mol. The third-order valence-electron chi connectivity index (χ3n) is 5.67. The molecule has 0 bridgehead atoms. The van der Waals surface area contributed by atoms with Gasteiger partial charge in [0.15, 0.2) is 5.65 Å². The van der Waals surface area contributed by atoms with E-state index in [2.05, 4.69) is 36.4 Å². The summed E-state index contributed by atoms with van der Waals surface area (Å²) in [5.41, 5.74) is 5.53. The van der Waals surface area contributed by atoms with Crippen LogP contribution in [-0.2, 0) is 6.42 Å². The van der Waals surface area contributed by atoms with Gasteiger partial charge in [0.1, 0.15) is 5.56 Å². The zero-order valence-corrected chi connectivity index (χ0v) is 18.0. The average Bonchev–Trinajstić information content (AvgIpc) is 3.16. The summed E-state index contributed by atoms with van der Waals surface area (Å²) in [7, 11) is 0. The highest BCUT2D eigenvalue weighted by atomic mass is 16.1. The zero-order valence-electron chi connectivity index (χ0n) is 18.0. The molecule has 6 nitrogen and oxygen atoms in total. The van der Waals surface area contributed by atoms with Crippen molar-refractivity contribution in [2.45, 2.75) is 40.5 Å². The van der Waals surface area contributed by atoms with Crippen molar-refractivity contribution in [2.75, 3.05) is 26.2 Å². The number of quaternary nitrogens is 1. The summed E-state index contributed by atoms with van der Waals surface area (Å²) < 4.78 is 1.79. The van der Waals surface area contributed by atoms with E-state index in [9.17, 15) is 4.79 Å². The van der Waals surface area contributed by atoms with Crippen LogP contribution in [0.1, 0.15) is 53.1 Å². The van der Waals surface area contributed by atoms with Gasteiger partial charge in [-0.25, -0.2) is 9.50 Å². The first-order valence-corrected chi connectivity index (χ1v) is 10.5. The van der Waals surface area contributed by atoms with Gasteiger partial charge in [0, 0.05) is 30.8 Å². The van der Waals surface area contributed by atoms with Gasteiger partial charge in [-0.2, -0.15) is 5.10 Å². The molecule has 154 valence electrons. The molecule has 2 aromatic heterocycles. The number of hydrogen-bond donors (Lipinski definition) is 2. The van der Waals surface area contributed by atoms with Crippen LogP contribution in [0.5, 0.6) is 0 Å². The normalized spacial score (nSPS) is 11.3. The molecule has 0 unspecified atom stereocenters. The van der Waals surface area contributed by atoms with Gasteiger partial charge in [-0.1, -0.05) is 30.3 Å². The number of fused-ring (bicyclic) bond motifs is 1. The van der Waals surface area contributed by atoms with E-state index in [-0.39, 0.29) is 5.91 Å². The molecule has 0 saturated carbocycles. The molecule has 1 aromatic carbocycles. The third kappa shape index (κ3) is 4.82. The maximum absolute atomic E-state index is 12.7. The van der Waals surface area contributed by atoms with Crippen LogP contribution >= 0.6 is 0 Å². The van der Waals surface area contributed by atoms with E-state index in [1.54, 1.807) is 15.6 Å². The topological polar surface area (TPSA) is 63.7 Å². The lowest BCUT2D eigenvalue weighted by atomic mass is 10.0. The Bertz CT molecular complexity index is 960. The number of nitrogens with zero attached hydrogens (tertiary/aromatic N) is 3. The first kappa shape index (κ1) is 21.0. The predicted octanol–water partition coefficient (Wildman–Crippen LogP) is 1.98. The van der Waals surface area contributed by atoms with E-state index >= 15 is 0 Å². The summed E-state index contributed by atoms with van der Waals surface area (Å²) in [6.45, 7) is 12.4. The Kier molecular flexibility index (Phi) is 6.99. The molecule has 0 atom stereocenters. The lowest BCUT2D eigenvalue weighted by molar-refractivity contribution is -0.896. The second-order valence-corrected chi connectivity index (χ2v) is 7.53. The largest absolute Gasteiger partial charge is 0.352 e. The summed E-state index contributed by atoms with van der Waals surface area (Å²) in [5, 5.41) is 7.48. The molecule has 2 heterocycles. The number of nitrogens with one attached hydrogen (secondary N) is 2. The summed E-state index contributed by atoms with van der Waals surface area (Å²) in [5.74, 6) is -0.100. The van der Waals surface area contributed by atoms with E-state index in [0.717, 1.165) is 49.4 Å². The quantitative estimate of drug-likeness (QED) is 0.546. The highest BCUT2D eigenvalue weighted by Gasteiger charge is 2.18. The number of aromatic nitrogens is 3. The van der Waals surface area contributed by atoms with Crippen molar-refractivity contribution in [1.29, 1.82) is 0 Å². The molecule has 2 N–H and O–H groups in total. The van der Waals surface area contributed by atoms with Crippen LogP contribution in [0, 0.1) is 13.8 Å². The number of carbonyl (C=O) groups excluding carboxylic acids is 1. The van der Waals surface area contributed by atoms with Gasteiger partial charge < -0.3 is 10.2 Å². The van der Waals surface area contributed by atoms with Gasteiger partial charge >= 0.3 is 0 Å². The Balaban J connectivity index is 1.74. The number of benzene rings is 1. The van der Waals surface area contributed by atoms with E-state index in [0.29, 0.717) is 17.8 Å². The van der Waals surface area contributed by atoms with Crippen LogP contribution < -0.4 is 10.2 Å². The number of hydrogen-bond acceptors (Lipinski definition) is 3. The molecular weight excluding hydrogens is 362 g/mol. The van der Waals surface area contributed by atoms with Crippen molar-refractivity contribution in [2.24, 2.45) is 0 Å². The van der Waals surface area contributed by atoms with Gasteiger partial charge in [-0.3, -0.25) is 4.79 Å². The molecule has 0 fully saturated rings. The molecule has 1 amide bonds. The fourth-order valence-electron chi connectivity index (χ4n) is 3.77. The SMILES string of the molecule is CC[NH+](CC)CCCNC(=O)c1cnn2c(C)c(Cc3ccccc3)c(C)nc12. The summed E-state index contributed by atoms with van der Waals surface area (Å²) >= 11 is 0. The van der Waals surface area contributed by atoms with Gasteiger partial charge in [0.2, 0.25) is 0 Å². The minimum absolute atomic E-state index is 0.100. The minimum Gasteiger partial charge on any atom is -0.352 e. The molecule has 0 radical (unpaired) electrons. The fourth-order valence-corrected chi connectivity index (χ4v) is 3.77. The Morgan fingerprint density at radius 2 is 1.86 bits per heavy atom. The third-order valence-corrected chi connectivity index (χ3v) is 5.67. The van der Waals surface area contributed by atoms with Crippen molar-refractivity contribution < 1.29 is 9.69 Å². The molecule has 3 rings (SSSR count). The van der Waals surface area contributed by atoms with Crippen LogP contribution in [0.4, 0.5) is 0 Å². The first-order chi connectivity index (χ1) is 14.0. The molecule has 0 saturated heterocycles. The number of carbonyl (C=O) groups is 1. The van der Waals surface area contributed by atoms with E-state index in [4.69, 9.17) is 4.98 Å². The van der Waals surface area contributed by atoms with E-state index in [1.165, 1.54) is 5.56 Å². The van der Waals surface area contributed by atoms with Crippen LogP contribution in [0.25, 0.3) is 5.65 Å². The van der Waals surface area contributed by atoms with Crippen LogP contribution in [-0.4, -0.2) is 46.7 Å². The molecule has 6 heteroatoms. The van der Waals surface area contributed by atoms with Gasteiger partial charge in [0.25, 0.3) is 5.91 Å². The molecule has 29 heavy (non-hydrogen) atoms. The average molecular weight is 395 g/mol. The first-order valence-electron chi connectivity index (χ1n) is 10.5. The Hall–Kier alpha value is -2.73. The Labute approximate surface area is 172 Å². The lowest BCUT2D eigenvalue weighted by Crippen LogP contribution is -3.11. The molecule has 0 aliphatic carbocycles. The summed E-state index contributed by atoms with van der Waals surface area (Å²) in [6.07, 6.45) is 3.40. The Morgan fingerprint density at radius 3 is 2.55 bits per heavy atom. The number of rotatable bonds is 9. The Morgan fingerprint density at radius 1 is 1.14 bits per heavy atom. The number of amides is 1. The van der Waals surface area contributed by atoms with Crippen molar-refractivity contribution in [3.8, 4) is 0 Å². The van der Waals surface area contributed by atoms with E-state index in [1.807, 2.05) is 32.0 Å². The molecule has 0 aliphatic heterocycles. The standard InChI is InChI=1S/C23H31N5O/c1-5-27(6-2)14-10-13-24-23(29)21-16-25-28-18(4)20(17(3)26-22(21)28)15-19-11-8-7-9-12-19/h7-9,11-12,16H,5-6,10,13-15H2,1-4H3,(H,24,29)/p+1. The molecule has 3 aromatic rings. The minimum atomic E-state index is -0.100. The van der Waals surface area contributed by atoms with Gasteiger partial charge in [-0.15, -0.1) is 0 Å². The molecular formula is C23H32N5O+. The van der Waals surface area contributed by atoms with E-state index < -0.39 is 0 Å². The van der Waals surface area contributed by atoms with Crippen molar-refractivity contribution in [1.82, 2.24) is 19.9 Å². The monoisotopic (exact) mass is 394 g/mol. The zero-order chi connectivity index (χ0) is 20.8. The highest BCUT2D eigenvalue weighted by Crippen LogP contribution is 2.20. The van der Waals surface area contributed by atoms with Crippen LogP contribution in [0.15, 0.2) is 36.5 Å². The maximum Gasteiger partial charge on any atom is 0.256 e. The maximum atomic E-state index is 12.7. The summed E-state index contributed by atoms with van der Waals surface area (Å²) in [4.78, 5) is 19.0. The molecule has 0 aliphatic rings. The van der Waals surface area contributed by atoms with Crippen molar-refractivity contribution in [3.05, 3.63) is 64.6 Å². The second kappa shape index (κ2) is 9.65. The van der Waals surface area contributed by atoms with Crippen LogP contribution in [0.3, 0.4) is 0 Å². The van der Waals surface area contributed by atoms with Crippen molar-refractivity contribution >= 4 is 11.6 Å². The second-order valence-electron chi connectivity index (χ2n) is 7.53.